The molecule has 0 bridgehead atoms. The zero-order valence-corrected chi connectivity index (χ0v) is 55.4. The number of aliphatic hydroxyl groups excluding tert-OH is 5. The fraction of sp³-hybridized carbons (Fsp3) is 0.787. The number of allylic oxidation sites excluding steroid dienone is 13. The minimum absolute atomic E-state index is 0.118. The number of amides is 1. The van der Waals surface area contributed by atoms with Crippen molar-refractivity contribution in [3.05, 3.63) is 85.1 Å². The van der Waals surface area contributed by atoms with Crippen LogP contribution in [0, 0.1) is 0 Å². The number of unbranched alkanes of at least 4 members (excludes halogenated alkanes) is 35. The lowest BCUT2D eigenvalue weighted by atomic mass is 9.99. The summed E-state index contributed by atoms with van der Waals surface area (Å²) in [5, 5.41) is 57.2. The van der Waals surface area contributed by atoms with Crippen molar-refractivity contribution in [2.75, 3.05) is 13.2 Å². The summed E-state index contributed by atoms with van der Waals surface area (Å²) in [5.41, 5.74) is 0. The molecule has 0 spiro atoms. The second kappa shape index (κ2) is 62.1. The second-order valence-corrected chi connectivity index (χ2v) is 24.6. The lowest BCUT2D eigenvalue weighted by Gasteiger charge is -2.41. The molecule has 1 aliphatic heterocycles. The summed E-state index contributed by atoms with van der Waals surface area (Å²) in [6.45, 7) is 5.74. The highest BCUT2D eigenvalue weighted by atomic mass is 16.7. The van der Waals surface area contributed by atoms with E-state index in [0.717, 1.165) is 83.5 Å². The Labute approximate surface area is 527 Å². The molecule has 498 valence electrons. The Hall–Kier alpha value is -3.16. The molecule has 8 atom stereocenters. The van der Waals surface area contributed by atoms with Gasteiger partial charge < -0.3 is 45.1 Å². The van der Waals surface area contributed by atoms with E-state index in [1.165, 1.54) is 186 Å². The Morgan fingerprint density at radius 1 is 0.453 bits per heavy atom. The molecule has 0 aromatic heterocycles. The molecule has 6 N–H and O–H groups in total. The monoisotopic (exact) mass is 1210 g/mol. The SMILES string of the molecule is CCCCC/C=C\C/C=C\C/C=C\C/C=C\CCCCC(O)C(=O)NC(COC1OC(CO)C(O)C(O)C1OC(=O)CCCCCCCCCCCCCCCCCCC/C=C\C/C=C\CCCCC)C(O)/C=C/CCCCCCCCCCCC. The van der Waals surface area contributed by atoms with Crippen LogP contribution in [0.3, 0.4) is 0 Å². The van der Waals surface area contributed by atoms with Crippen LogP contribution in [0.4, 0.5) is 0 Å². The normalized spacial score (nSPS) is 18.8. The van der Waals surface area contributed by atoms with Crippen LogP contribution >= 0.6 is 0 Å². The van der Waals surface area contributed by atoms with Crippen molar-refractivity contribution in [3.63, 3.8) is 0 Å². The van der Waals surface area contributed by atoms with E-state index in [1.807, 2.05) is 6.08 Å². The first-order valence-electron chi connectivity index (χ1n) is 35.9. The lowest BCUT2D eigenvalue weighted by Crippen LogP contribution is -2.61. The van der Waals surface area contributed by atoms with Crippen molar-refractivity contribution in [1.82, 2.24) is 5.32 Å². The fourth-order valence-corrected chi connectivity index (χ4v) is 10.8. The van der Waals surface area contributed by atoms with E-state index in [4.69, 9.17) is 14.2 Å². The highest BCUT2D eigenvalue weighted by Crippen LogP contribution is 2.26. The molecule has 1 saturated heterocycles. The lowest BCUT2D eigenvalue weighted by molar-refractivity contribution is -0.305. The summed E-state index contributed by atoms with van der Waals surface area (Å²) in [6.07, 6.45) is 72.0. The molecule has 0 aromatic carbocycles. The Morgan fingerprint density at radius 2 is 0.802 bits per heavy atom. The fourth-order valence-electron chi connectivity index (χ4n) is 10.8. The van der Waals surface area contributed by atoms with Gasteiger partial charge in [-0.15, -0.1) is 0 Å². The Balaban J connectivity index is 2.56. The number of nitrogens with one attached hydrogen (secondary N) is 1. The van der Waals surface area contributed by atoms with Gasteiger partial charge in [-0.25, -0.2) is 0 Å². The van der Waals surface area contributed by atoms with Crippen LogP contribution in [0.5, 0.6) is 0 Å². The van der Waals surface area contributed by atoms with E-state index >= 15 is 0 Å². The van der Waals surface area contributed by atoms with Gasteiger partial charge in [-0.2, -0.15) is 0 Å². The number of ether oxygens (including phenoxy) is 3. The maximum atomic E-state index is 13.5. The third kappa shape index (κ3) is 48.7. The summed E-state index contributed by atoms with van der Waals surface area (Å²) in [6, 6.07) is -1.04. The largest absolute Gasteiger partial charge is 0.454 e. The third-order valence-electron chi connectivity index (χ3n) is 16.5. The molecule has 8 unspecified atom stereocenters. The van der Waals surface area contributed by atoms with Crippen LogP contribution in [-0.2, 0) is 23.8 Å². The van der Waals surface area contributed by atoms with Crippen LogP contribution in [0.25, 0.3) is 0 Å². The quantitative estimate of drug-likeness (QED) is 0.0195. The smallest absolute Gasteiger partial charge is 0.306 e. The van der Waals surface area contributed by atoms with Gasteiger partial charge in [-0.05, 0) is 103 Å². The van der Waals surface area contributed by atoms with Gasteiger partial charge in [-0.1, -0.05) is 292 Å². The Bertz CT molecular complexity index is 1720. The van der Waals surface area contributed by atoms with Gasteiger partial charge >= 0.3 is 5.97 Å². The van der Waals surface area contributed by atoms with Gasteiger partial charge in [0.15, 0.2) is 12.4 Å². The highest BCUT2D eigenvalue weighted by Gasteiger charge is 2.47. The Morgan fingerprint density at radius 3 is 1.22 bits per heavy atom. The molecule has 1 amide bonds. The number of esters is 1. The number of carbonyl (C=O) groups excluding carboxylic acids is 2. The summed E-state index contributed by atoms with van der Waals surface area (Å²) < 4.78 is 17.7. The van der Waals surface area contributed by atoms with Crippen LogP contribution in [0.1, 0.15) is 316 Å². The molecule has 1 aliphatic rings. The molecule has 1 fully saturated rings. The minimum atomic E-state index is -1.62. The van der Waals surface area contributed by atoms with Crippen LogP contribution in [-0.4, -0.2) is 99.6 Å². The zero-order valence-electron chi connectivity index (χ0n) is 55.4. The molecule has 1 heterocycles. The van der Waals surface area contributed by atoms with Gasteiger partial charge in [0.2, 0.25) is 5.91 Å². The van der Waals surface area contributed by atoms with E-state index in [-0.39, 0.29) is 19.4 Å². The molecule has 0 radical (unpaired) electrons. The molecule has 0 saturated carbocycles. The predicted molar refractivity (Wildman–Crippen MR) is 361 cm³/mol. The van der Waals surface area contributed by atoms with Gasteiger partial charge in [0.05, 0.1) is 25.4 Å². The molecule has 86 heavy (non-hydrogen) atoms. The molecule has 0 aliphatic carbocycles. The van der Waals surface area contributed by atoms with E-state index in [1.54, 1.807) is 6.08 Å². The van der Waals surface area contributed by atoms with Gasteiger partial charge in [0, 0.05) is 6.42 Å². The van der Waals surface area contributed by atoms with Crippen molar-refractivity contribution in [3.8, 4) is 0 Å². The minimum Gasteiger partial charge on any atom is -0.454 e. The first-order valence-corrected chi connectivity index (χ1v) is 35.9. The highest BCUT2D eigenvalue weighted by molar-refractivity contribution is 5.80. The Kier molecular flexibility index (Phi) is 58.3. The molecule has 11 nitrogen and oxygen atoms in total. The predicted octanol–water partition coefficient (Wildman–Crippen LogP) is 18.5. The summed E-state index contributed by atoms with van der Waals surface area (Å²) in [5.74, 6) is -1.22. The van der Waals surface area contributed by atoms with E-state index in [2.05, 4.69) is 99.0 Å². The molecule has 0 aromatic rings. The van der Waals surface area contributed by atoms with Crippen molar-refractivity contribution in [1.29, 1.82) is 0 Å². The van der Waals surface area contributed by atoms with Gasteiger partial charge in [0.25, 0.3) is 0 Å². The van der Waals surface area contributed by atoms with Crippen LogP contribution in [0.15, 0.2) is 85.1 Å². The third-order valence-corrected chi connectivity index (χ3v) is 16.5. The van der Waals surface area contributed by atoms with E-state index in [9.17, 15) is 35.1 Å². The summed E-state index contributed by atoms with van der Waals surface area (Å²) in [7, 11) is 0. The van der Waals surface area contributed by atoms with Crippen LogP contribution < -0.4 is 5.32 Å². The van der Waals surface area contributed by atoms with E-state index in [0.29, 0.717) is 12.8 Å². The topological polar surface area (TPSA) is 175 Å². The second-order valence-electron chi connectivity index (χ2n) is 24.6. The first-order chi connectivity index (χ1) is 42.2. The maximum absolute atomic E-state index is 13.5. The maximum Gasteiger partial charge on any atom is 0.306 e. The molecule has 1 rings (SSSR count). The number of rotatable bonds is 61. The molecular weight excluding hydrogens is 1070 g/mol. The number of carbonyl (C=O) groups is 2. The average Bonchev–Trinajstić information content (AvgIpc) is 3.59. The summed E-state index contributed by atoms with van der Waals surface area (Å²) in [4.78, 5) is 26.7. The molecular formula is C75H133NO10. The van der Waals surface area contributed by atoms with Crippen molar-refractivity contribution < 1.29 is 49.3 Å². The number of hydrogen-bond acceptors (Lipinski definition) is 10. The van der Waals surface area contributed by atoms with Gasteiger partial charge in [-0.3, -0.25) is 9.59 Å². The van der Waals surface area contributed by atoms with E-state index < -0.39 is 67.4 Å². The van der Waals surface area contributed by atoms with Crippen molar-refractivity contribution in [2.45, 2.75) is 365 Å². The summed E-state index contributed by atoms with van der Waals surface area (Å²) >= 11 is 0. The van der Waals surface area contributed by atoms with Crippen LogP contribution in [0.2, 0.25) is 0 Å². The standard InChI is InChI=1S/C75H133NO10/c1-4-7-10-13-16-19-22-25-27-29-31-32-33-34-35-36-37-38-39-41-43-45-48-51-54-57-60-63-70(80)86-73-72(82)71(81)69(64-77)85-75(73)84-65-66(67(78)61-58-55-52-49-46-24-21-18-15-12-9-6-3)76-74(83)68(79)62-59-56-53-50-47-44-42-40-30-28-26-23-20-17-14-11-8-5-2/h16-17,19-20,25-28,40,42,47,50,58,61,66-69,71-73,75,77-79,81-82H,4-15,18,21-24,29-39,41,43-46,48-49,51-57,59-60,62-65H2,1-3H3,(H,76,83)/b19-16-,20-17-,27-25-,28-26-,42-40-,50-47-,61-58+. The van der Waals surface area contributed by atoms with Gasteiger partial charge in [0.1, 0.15) is 24.4 Å². The van der Waals surface area contributed by atoms with Crippen molar-refractivity contribution in [2.24, 2.45) is 0 Å². The average molecular weight is 1210 g/mol. The first kappa shape index (κ1) is 80.9. The van der Waals surface area contributed by atoms with Crippen molar-refractivity contribution >= 4 is 11.9 Å². The number of aliphatic hydroxyl groups is 5. The zero-order chi connectivity index (χ0) is 62.4. The number of hydrogen-bond donors (Lipinski definition) is 6. The molecule has 11 heteroatoms.